The summed E-state index contributed by atoms with van der Waals surface area (Å²) in [6.45, 7) is 8.90. The molecule has 0 saturated carbocycles. The SMILES string of the molecule is CCCC(=O)N(C1CC(=O)N(c2ccc(NC(C)=O)cc2)C1=O)C(C)(C)C. The monoisotopic (exact) mass is 373 g/mol. The number of hydrogen-bond acceptors (Lipinski definition) is 4. The minimum Gasteiger partial charge on any atom is -0.326 e. The fourth-order valence-electron chi connectivity index (χ4n) is 3.34. The van der Waals surface area contributed by atoms with Crippen LogP contribution in [-0.2, 0) is 19.2 Å². The van der Waals surface area contributed by atoms with Gasteiger partial charge in [-0.15, -0.1) is 0 Å². The van der Waals surface area contributed by atoms with E-state index < -0.39 is 17.5 Å². The zero-order chi connectivity index (χ0) is 20.4. The molecular formula is C20H27N3O4. The van der Waals surface area contributed by atoms with Gasteiger partial charge < -0.3 is 10.2 Å². The minimum atomic E-state index is -0.799. The molecule has 4 amide bonds. The van der Waals surface area contributed by atoms with Gasteiger partial charge in [0.25, 0.3) is 5.91 Å². The standard InChI is InChI=1S/C20H27N3O4/c1-6-7-17(25)23(20(3,4)5)16-12-18(26)22(19(16)27)15-10-8-14(9-11-15)21-13(2)24/h8-11,16H,6-7,12H2,1-5H3,(H,21,24). The number of hydrogen-bond donors (Lipinski definition) is 1. The smallest absolute Gasteiger partial charge is 0.257 e. The Hall–Kier alpha value is -2.70. The van der Waals surface area contributed by atoms with Gasteiger partial charge in [0, 0.05) is 24.6 Å². The van der Waals surface area contributed by atoms with E-state index >= 15 is 0 Å². The largest absolute Gasteiger partial charge is 0.326 e. The molecular weight excluding hydrogens is 346 g/mol. The number of nitrogens with zero attached hydrogens (tertiary/aromatic N) is 2. The summed E-state index contributed by atoms with van der Waals surface area (Å²) in [5.41, 5.74) is 0.438. The molecule has 0 aliphatic carbocycles. The van der Waals surface area contributed by atoms with E-state index in [-0.39, 0.29) is 24.1 Å². The Bertz CT molecular complexity index is 749. The third-order valence-corrected chi connectivity index (χ3v) is 4.34. The number of benzene rings is 1. The lowest BCUT2D eigenvalue weighted by Crippen LogP contribution is -2.54. The summed E-state index contributed by atoms with van der Waals surface area (Å²) < 4.78 is 0. The first kappa shape index (κ1) is 20.6. The normalized spacial score (nSPS) is 17.2. The topological polar surface area (TPSA) is 86.8 Å². The molecule has 1 aliphatic rings. The minimum absolute atomic E-state index is 0.0288. The third kappa shape index (κ3) is 4.53. The number of anilines is 2. The summed E-state index contributed by atoms with van der Waals surface area (Å²) in [5.74, 6) is -1.06. The van der Waals surface area contributed by atoms with E-state index in [1.807, 2.05) is 27.7 Å². The molecule has 1 aliphatic heterocycles. The second kappa shape index (κ2) is 7.90. The predicted molar refractivity (Wildman–Crippen MR) is 103 cm³/mol. The summed E-state index contributed by atoms with van der Waals surface area (Å²) in [7, 11) is 0. The second-order valence-corrected chi connectivity index (χ2v) is 7.70. The lowest BCUT2D eigenvalue weighted by Gasteiger charge is -2.39. The Balaban J connectivity index is 2.29. The Labute approximate surface area is 159 Å². The molecule has 0 aromatic heterocycles. The summed E-state index contributed by atoms with van der Waals surface area (Å²) in [4.78, 5) is 52.0. The lowest BCUT2D eigenvalue weighted by molar-refractivity contribution is -0.144. The second-order valence-electron chi connectivity index (χ2n) is 7.70. The Kier molecular flexibility index (Phi) is 6.03. The zero-order valence-electron chi connectivity index (χ0n) is 16.5. The molecule has 1 aromatic rings. The number of imide groups is 1. The van der Waals surface area contributed by atoms with Gasteiger partial charge in [-0.25, -0.2) is 4.90 Å². The molecule has 0 bridgehead atoms. The number of amides is 4. The molecule has 7 nitrogen and oxygen atoms in total. The first-order valence-corrected chi connectivity index (χ1v) is 9.13. The van der Waals surface area contributed by atoms with Crippen LogP contribution in [0.15, 0.2) is 24.3 Å². The van der Waals surface area contributed by atoms with E-state index in [9.17, 15) is 19.2 Å². The van der Waals surface area contributed by atoms with Crippen molar-refractivity contribution in [3.8, 4) is 0 Å². The molecule has 0 spiro atoms. The zero-order valence-corrected chi connectivity index (χ0v) is 16.5. The highest BCUT2D eigenvalue weighted by Crippen LogP contribution is 2.30. The molecule has 2 rings (SSSR count). The van der Waals surface area contributed by atoms with Crippen molar-refractivity contribution in [3.63, 3.8) is 0 Å². The molecule has 146 valence electrons. The van der Waals surface area contributed by atoms with Crippen LogP contribution in [-0.4, -0.2) is 40.1 Å². The van der Waals surface area contributed by atoms with Gasteiger partial charge in [-0.05, 0) is 51.5 Å². The maximum absolute atomic E-state index is 13.0. The van der Waals surface area contributed by atoms with Crippen LogP contribution in [0.3, 0.4) is 0 Å². The van der Waals surface area contributed by atoms with E-state index in [1.54, 1.807) is 29.2 Å². The lowest BCUT2D eigenvalue weighted by atomic mass is 10.0. The van der Waals surface area contributed by atoms with Crippen LogP contribution in [0.5, 0.6) is 0 Å². The summed E-state index contributed by atoms with van der Waals surface area (Å²) in [5, 5.41) is 2.64. The van der Waals surface area contributed by atoms with Crippen molar-refractivity contribution in [1.29, 1.82) is 0 Å². The van der Waals surface area contributed by atoms with Crippen LogP contribution in [0, 0.1) is 0 Å². The number of nitrogens with one attached hydrogen (secondary N) is 1. The van der Waals surface area contributed by atoms with E-state index in [0.29, 0.717) is 24.2 Å². The highest BCUT2D eigenvalue weighted by Gasteiger charge is 2.47. The Morgan fingerprint density at radius 1 is 1.19 bits per heavy atom. The molecule has 1 unspecified atom stereocenters. The van der Waals surface area contributed by atoms with Gasteiger partial charge in [-0.3, -0.25) is 19.2 Å². The molecule has 1 heterocycles. The summed E-state index contributed by atoms with van der Waals surface area (Å²) >= 11 is 0. The number of carbonyl (C=O) groups excluding carboxylic acids is 4. The highest BCUT2D eigenvalue weighted by molar-refractivity contribution is 6.23. The first-order valence-electron chi connectivity index (χ1n) is 9.13. The molecule has 1 aromatic carbocycles. The van der Waals surface area contributed by atoms with E-state index in [2.05, 4.69) is 5.32 Å². The number of carbonyl (C=O) groups is 4. The average molecular weight is 373 g/mol. The maximum Gasteiger partial charge on any atom is 0.257 e. The van der Waals surface area contributed by atoms with Crippen LogP contribution in [0.1, 0.15) is 53.9 Å². The molecule has 0 radical (unpaired) electrons. The Morgan fingerprint density at radius 2 is 1.78 bits per heavy atom. The van der Waals surface area contributed by atoms with Crippen molar-refractivity contribution in [2.24, 2.45) is 0 Å². The summed E-state index contributed by atoms with van der Waals surface area (Å²) in [6, 6.07) is 5.69. The van der Waals surface area contributed by atoms with Crippen molar-refractivity contribution in [1.82, 2.24) is 4.90 Å². The van der Waals surface area contributed by atoms with Crippen LogP contribution in [0.4, 0.5) is 11.4 Å². The molecule has 27 heavy (non-hydrogen) atoms. The number of rotatable bonds is 5. The van der Waals surface area contributed by atoms with Gasteiger partial charge in [0.1, 0.15) is 6.04 Å². The van der Waals surface area contributed by atoms with Gasteiger partial charge in [-0.2, -0.15) is 0 Å². The van der Waals surface area contributed by atoms with Gasteiger partial charge in [0.15, 0.2) is 0 Å². The third-order valence-electron chi connectivity index (χ3n) is 4.34. The fourth-order valence-corrected chi connectivity index (χ4v) is 3.34. The molecule has 1 fully saturated rings. The fraction of sp³-hybridized carbons (Fsp3) is 0.500. The average Bonchev–Trinajstić information content (AvgIpc) is 2.81. The van der Waals surface area contributed by atoms with Gasteiger partial charge in [-0.1, -0.05) is 6.92 Å². The van der Waals surface area contributed by atoms with Gasteiger partial charge in [0.2, 0.25) is 17.7 Å². The van der Waals surface area contributed by atoms with Crippen LogP contribution in [0.25, 0.3) is 0 Å². The maximum atomic E-state index is 13.0. The van der Waals surface area contributed by atoms with Crippen LogP contribution < -0.4 is 10.2 Å². The predicted octanol–water partition coefficient (Wildman–Crippen LogP) is 2.70. The first-order chi connectivity index (χ1) is 12.6. The van der Waals surface area contributed by atoms with Gasteiger partial charge in [0.05, 0.1) is 12.1 Å². The van der Waals surface area contributed by atoms with Crippen molar-refractivity contribution < 1.29 is 19.2 Å². The van der Waals surface area contributed by atoms with Gasteiger partial charge >= 0.3 is 0 Å². The van der Waals surface area contributed by atoms with Crippen LogP contribution in [0.2, 0.25) is 0 Å². The van der Waals surface area contributed by atoms with E-state index in [1.165, 1.54) is 6.92 Å². The molecule has 7 heteroatoms. The quantitative estimate of drug-likeness (QED) is 0.804. The molecule has 1 N–H and O–H groups in total. The highest BCUT2D eigenvalue weighted by atomic mass is 16.2. The van der Waals surface area contributed by atoms with Crippen molar-refractivity contribution >= 4 is 35.0 Å². The van der Waals surface area contributed by atoms with Crippen LogP contribution >= 0.6 is 0 Å². The van der Waals surface area contributed by atoms with E-state index in [4.69, 9.17) is 0 Å². The Morgan fingerprint density at radius 3 is 2.26 bits per heavy atom. The van der Waals surface area contributed by atoms with Crippen molar-refractivity contribution in [2.45, 2.75) is 65.5 Å². The van der Waals surface area contributed by atoms with E-state index in [0.717, 1.165) is 4.90 Å². The molecule has 1 saturated heterocycles. The van der Waals surface area contributed by atoms with Crippen molar-refractivity contribution in [2.75, 3.05) is 10.2 Å². The molecule has 1 atom stereocenters. The summed E-state index contributed by atoms with van der Waals surface area (Å²) in [6.07, 6.45) is 0.980. The van der Waals surface area contributed by atoms with Crippen molar-refractivity contribution in [3.05, 3.63) is 24.3 Å².